The summed E-state index contributed by atoms with van der Waals surface area (Å²) in [7, 11) is 0. The average molecular weight is 418 g/mol. The number of amides is 1. The number of hydrazine groups is 1. The molecule has 1 aliphatic heterocycles. The Balaban J connectivity index is 1.27. The summed E-state index contributed by atoms with van der Waals surface area (Å²) in [4.78, 5) is 24.9. The minimum atomic E-state index is -0.299. The van der Waals surface area contributed by atoms with Gasteiger partial charge in [0.05, 0.1) is 0 Å². The van der Waals surface area contributed by atoms with Crippen LogP contribution in [0.15, 0.2) is 84.9 Å². The molecule has 3 aromatic rings. The number of benzene rings is 3. The topological polar surface area (TPSA) is 70.2 Å². The van der Waals surface area contributed by atoms with Gasteiger partial charge in [-0.15, -0.1) is 11.8 Å². The molecule has 0 aliphatic carbocycles. The molecular weight excluding hydrogens is 394 g/mol. The lowest BCUT2D eigenvalue weighted by Crippen LogP contribution is -2.64. The third-order valence-corrected chi connectivity index (χ3v) is 6.00. The Morgan fingerprint density at radius 2 is 1.40 bits per heavy atom. The lowest BCUT2D eigenvalue weighted by atomic mass is 10.0. The van der Waals surface area contributed by atoms with E-state index in [0.717, 1.165) is 11.1 Å². The first kappa shape index (κ1) is 20.3. The van der Waals surface area contributed by atoms with Gasteiger partial charge < -0.3 is 5.32 Å². The molecule has 1 aliphatic rings. The van der Waals surface area contributed by atoms with Crippen molar-refractivity contribution in [1.82, 2.24) is 16.2 Å². The molecule has 0 bridgehead atoms. The van der Waals surface area contributed by atoms with Gasteiger partial charge in [-0.3, -0.25) is 9.59 Å². The monoisotopic (exact) mass is 417 g/mol. The van der Waals surface area contributed by atoms with E-state index in [1.165, 1.54) is 0 Å². The summed E-state index contributed by atoms with van der Waals surface area (Å²) >= 11 is 1.58. The normalized spacial score (nSPS) is 18.6. The van der Waals surface area contributed by atoms with E-state index in [1.54, 1.807) is 11.8 Å². The fraction of sp³-hybridized carbons (Fsp3) is 0.167. The predicted octanol–water partition coefficient (Wildman–Crippen LogP) is 3.27. The van der Waals surface area contributed by atoms with Crippen LogP contribution in [0.3, 0.4) is 0 Å². The maximum absolute atomic E-state index is 12.5. The highest BCUT2D eigenvalue weighted by atomic mass is 32.2. The van der Waals surface area contributed by atoms with Crippen LogP contribution in [0.25, 0.3) is 0 Å². The molecule has 1 saturated heterocycles. The van der Waals surface area contributed by atoms with Crippen LogP contribution in [0.2, 0.25) is 0 Å². The fourth-order valence-corrected chi connectivity index (χ4v) is 4.18. The second-order valence-corrected chi connectivity index (χ2v) is 8.22. The van der Waals surface area contributed by atoms with Gasteiger partial charge in [0.2, 0.25) is 5.91 Å². The van der Waals surface area contributed by atoms with Crippen LogP contribution in [-0.4, -0.2) is 23.2 Å². The summed E-state index contributed by atoms with van der Waals surface area (Å²) in [6.07, 6.45) is 0.633. The van der Waals surface area contributed by atoms with Gasteiger partial charge in [0.1, 0.15) is 11.5 Å². The molecule has 1 heterocycles. The van der Waals surface area contributed by atoms with Gasteiger partial charge in [-0.05, 0) is 17.5 Å². The molecule has 5 nitrogen and oxygen atoms in total. The Hall–Kier alpha value is -2.93. The van der Waals surface area contributed by atoms with Crippen LogP contribution in [0, 0.1) is 0 Å². The van der Waals surface area contributed by atoms with E-state index >= 15 is 0 Å². The van der Waals surface area contributed by atoms with Gasteiger partial charge in [0.25, 0.3) is 0 Å². The predicted molar refractivity (Wildman–Crippen MR) is 120 cm³/mol. The SMILES string of the molecule is O=C(c1ccccc1)c1ccc(CSC2NNC(Cc3ccccc3)C(=O)N2)cc1. The van der Waals surface area contributed by atoms with Crippen LogP contribution in [-0.2, 0) is 17.0 Å². The number of thioether (sulfide) groups is 1. The minimum Gasteiger partial charge on any atom is -0.329 e. The Bertz CT molecular complexity index is 994. The molecule has 1 fully saturated rings. The molecule has 3 N–H and O–H groups in total. The van der Waals surface area contributed by atoms with Gasteiger partial charge in [0.15, 0.2) is 5.78 Å². The summed E-state index contributed by atoms with van der Waals surface area (Å²) in [5, 5.41) is 3.00. The molecule has 152 valence electrons. The van der Waals surface area contributed by atoms with Crippen molar-refractivity contribution in [1.29, 1.82) is 0 Å². The molecule has 4 rings (SSSR count). The quantitative estimate of drug-likeness (QED) is 0.515. The summed E-state index contributed by atoms with van der Waals surface area (Å²) in [5.74, 6) is 0.714. The van der Waals surface area contributed by atoms with Gasteiger partial charge in [-0.2, -0.15) is 0 Å². The minimum absolute atomic E-state index is 0.0149. The average Bonchev–Trinajstić information content (AvgIpc) is 2.80. The molecule has 3 aromatic carbocycles. The van der Waals surface area contributed by atoms with E-state index in [4.69, 9.17) is 0 Å². The second-order valence-electron chi connectivity index (χ2n) is 7.12. The van der Waals surface area contributed by atoms with E-state index in [0.29, 0.717) is 23.3 Å². The molecule has 0 aromatic heterocycles. The zero-order valence-corrected chi connectivity index (χ0v) is 17.2. The first-order valence-electron chi connectivity index (χ1n) is 9.85. The van der Waals surface area contributed by atoms with Crippen molar-refractivity contribution in [3.8, 4) is 0 Å². The van der Waals surface area contributed by atoms with Crippen molar-refractivity contribution in [2.45, 2.75) is 23.7 Å². The van der Waals surface area contributed by atoms with Crippen molar-refractivity contribution in [2.75, 3.05) is 0 Å². The van der Waals surface area contributed by atoms with E-state index in [-0.39, 0.29) is 23.2 Å². The zero-order valence-electron chi connectivity index (χ0n) is 16.4. The smallest absolute Gasteiger partial charge is 0.240 e. The van der Waals surface area contributed by atoms with E-state index in [1.807, 2.05) is 84.9 Å². The molecule has 0 saturated carbocycles. The van der Waals surface area contributed by atoms with E-state index in [2.05, 4.69) is 16.2 Å². The van der Waals surface area contributed by atoms with E-state index < -0.39 is 0 Å². The molecule has 30 heavy (non-hydrogen) atoms. The number of ketones is 1. The summed E-state index contributed by atoms with van der Waals surface area (Å²) in [6.45, 7) is 0. The number of nitrogens with one attached hydrogen (secondary N) is 3. The van der Waals surface area contributed by atoms with Gasteiger partial charge in [-0.25, -0.2) is 10.9 Å². The molecular formula is C24H23N3O2S. The van der Waals surface area contributed by atoms with Crippen molar-refractivity contribution >= 4 is 23.5 Å². The molecule has 6 heteroatoms. The van der Waals surface area contributed by atoms with E-state index in [9.17, 15) is 9.59 Å². The summed E-state index contributed by atoms with van der Waals surface area (Å²) in [5.41, 5.74) is 9.63. The molecule has 2 unspecified atom stereocenters. The molecule has 0 spiro atoms. The third kappa shape index (κ3) is 5.16. The van der Waals surface area contributed by atoms with Gasteiger partial charge >= 0.3 is 0 Å². The second kappa shape index (κ2) is 9.71. The van der Waals surface area contributed by atoms with Gasteiger partial charge in [-0.1, -0.05) is 84.9 Å². The zero-order chi connectivity index (χ0) is 20.8. The van der Waals surface area contributed by atoms with Crippen LogP contribution >= 0.6 is 11.8 Å². The molecule has 0 radical (unpaired) electrons. The number of carbonyl (C=O) groups is 2. The summed E-state index contributed by atoms with van der Waals surface area (Å²) < 4.78 is 0. The first-order chi connectivity index (χ1) is 14.7. The van der Waals surface area contributed by atoms with Crippen molar-refractivity contribution < 1.29 is 9.59 Å². The number of rotatable bonds is 7. The first-order valence-corrected chi connectivity index (χ1v) is 10.9. The Morgan fingerprint density at radius 1 is 0.767 bits per heavy atom. The fourth-order valence-electron chi connectivity index (χ4n) is 3.27. The van der Waals surface area contributed by atoms with Crippen LogP contribution in [0.5, 0.6) is 0 Å². The lowest BCUT2D eigenvalue weighted by molar-refractivity contribution is -0.125. The van der Waals surface area contributed by atoms with Crippen LogP contribution in [0.4, 0.5) is 0 Å². The third-order valence-electron chi connectivity index (χ3n) is 4.93. The maximum Gasteiger partial charge on any atom is 0.240 e. The highest BCUT2D eigenvalue weighted by molar-refractivity contribution is 7.99. The molecule has 2 atom stereocenters. The van der Waals surface area contributed by atoms with Crippen molar-refractivity contribution in [3.05, 3.63) is 107 Å². The largest absolute Gasteiger partial charge is 0.329 e. The number of hydrogen-bond acceptors (Lipinski definition) is 5. The highest BCUT2D eigenvalue weighted by Crippen LogP contribution is 2.18. The van der Waals surface area contributed by atoms with Crippen molar-refractivity contribution in [3.63, 3.8) is 0 Å². The van der Waals surface area contributed by atoms with Gasteiger partial charge in [0, 0.05) is 16.9 Å². The highest BCUT2D eigenvalue weighted by Gasteiger charge is 2.27. The Labute approximate surface area is 180 Å². The number of carbonyl (C=O) groups excluding carboxylic acids is 2. The standard InChI is InChI=1S/C24H23N3O2S/c28-22(19-9-5-2-6-10-19)20-13-11-18(12-14-20)16-30-24-25-23(29)21(26-27-24)15-17-7-3-1-4-8-17/h1-14,21,24,26-27H,15-16H2,(H,25,29). The maximum atomic E-state index is 12.5. The molecule has 1 amide bonds. The van der Waals surface area contributed by atoms with Crippen LogP contribution in [0.1, 0.15) is 27.0 Å². The lowest BCUT2D eigenvalue weighted by Gasteiger charge is -2.31. The summed E-state index contributed by atoms with van der Waals surface area (Å²) in [6, 6.07) is 26.5. The Kier molecular flexibility index (Phi) is 6.59. The van der Waals surface area contributed by atoms with Crippen LogP contribution < -0.4 is 16.2 Å². The number of hydrogen-bond donors (Lipinski definition) is 3. The van der Waals surface area contributed by atoms with Crippen molar-refractivity contribution in [2.24, 2.45) is 0 Å². The Morgan fingerprint density at radius 3 is 2.07 bits per heavy atom.